The van der Waals surface area contributed by atoms with E-state index in [-0.39, 0.29) is 29.4 Å². The highest BCUT2D eigenvalue weighted by molar-refractivity contribution is 5.94. The van der Waals surface area contributed by atoms with E-state index < -0.39 is 30.3 Å². The van der Waals surface area contributed by atoms with Crippen molar-refractivity contribution in [3.8, 4) is 11.8 Å². The van der Waals surface area contributed by atoms with Crippen LogP contribution in [0.3, 0.4) is 0 Å². The van der Waals surface area contributed by atoms with Gasteiger partial charge in [0.15, 0.2) is 11.5 Å². The lowest BCUT2D eigenvalue weighted by atomic mass is 10.1. The molecule has 0 aliphatic rings. The monoisotopic (exact) mass is 441 g/mol. The van der Waals surface area contributed by atoms with E-state index in [2.05, 4.69) is 32.1 Å². The summed E-state index contributed by atoms with van der Waals surface area (Å²) in [5.41, 5.74) is 6.31. The summed E-state index contributed by atoms with van der Waals surface area (Å²) < 4.78 is 5.31. The number of anilines is 1. The molecule has 0 spiro atoms. The quantitative estimate of drug-likeness (QED) is 0.268. The van der Waals surface area contributed by atoms with Crippen LogP contribution >= 0.6 is 0 Å². The molecule has 12 nitrogen and oxygen atoms in total. The lowest BCUT2D eigenvalue weighted by Crippen LogP contribution is -2.41. The number of carbonyl (C=O) groups is 3. The fraction of sp³-hybridized carbons (Fsp3) is 0.250. The zero-order valence-electron chi connectivity index (χ0n) is 16.6. The number of aromatic nitrogens is 3. The van der Waals surface area contributed by atoms with Crippen molar-refractivity contribution in [3.63, 3.8) is 0 Å². The van der Waals surface area contributed by atoms with Gasteiger partial charge in [0.1, 0.15) is 11.7 Å². The number of nitrogens with zero attached hydrogens (tertiary/aromatic N) is 1. The minimum Gasteiger partial charge on any atom is -0.481 e. The number of H-pyrrole nitrogens is 2. The molecule has 1 unspecified atom stereocenters. The van der Waals surface area contributed by atoms with Gasteiger partial charge in [0.2, 0.25) is 5.95 Å². The van der Waals surface area contributed by atoms with E-state index in [9.17, 15) is 19.2 Å². The molecule has 0 saturated heterocycles. The third kappa shape index (κ3) is 5.54. The molecule has 0 radical (unpaired) electrons. The summed E-state index contributed by atoms with van der Waals surface area (Å²) >= 11 is 0. The molecule has 1 atom stereocenters. The molecular weight excluding hydrogens is 422 g/mol. The number of furan rings is 1. The third-order valence-corrected chi connectivity index (χ3v) is 4.38. The number of carbonyl (C=O) groups excluding carboxylic acids is 1. The number of amides is 1. The SMILES string of the molecule is Nc1nc2[nH]c(CCC#Cc3ccc(C(=O)NC(CCC(=O)O)C(=O)O)o3)cc2c(=O)[nH]1. The number of nitrogens with two attached hydrogens (primary N) is 1. The van der Waals surface area contributed by atoms with Gasteiger partial charge in [-0.2, -0.15) is 4.98 Å². The van der Waals surface area contributed by atoms with Crippen molar-refractivity contribution in [1.82, 2.24) is 20.3 Å². The zero-order valence-corrected chi connectivity index (χ0v) is 16.6. The standard InChI is InChI=1S/C20H19N5O7/c21-20-24-16-12(17(28)25-20)9-10(22-16)3-1-2-4-11-5-7-14(32-11)18(29)23-13(19(30)31)6-8-15(26)27/h5,7,9,13H,1,3,6,8H2,(H,23,29)(H,26,27)(H,30,31)(H4,21,22,24,25,28). The van der Waals surface area contributed by atoms with Crippen molar-refractivity contribution in [2.45, 2.75) is 31.7 Å². The van der Waals surface area contributed by atoms with Crippen molar-refractivity contribution in [2.75, 3.05) is 5.73 Å². The molecule has 3 aromatic rings. The van der Waals surface area contributed by atoms with Crippen molar-refractivity contribution in [2.24, 2.45) is 0 Å². The van der Waals surface area contributed by atoms with E-state index in [0.717, 1.165) is 5.69 Å². The fourth-order valence-corrected chi connectivity index (χ4v) is 2.85. The molecular formula is C20H19N5O7. The third-order valence-electron chi connectivity index (χ3n) is 4.38. The van der Waals surface area contributed by atoms with E-state index in [1.165, 1.54) is 12.1 Å². The predicted octanol–water partition coefficient (Wildman–Crippen LogP) is 0.459. The minimum atomic E-state index is -1.35. The summed E-state index contributed by atoms with van der Waals surface area (Å²) in [6.45, 7) is 0. The first-order chi connectivity index (χ1) is 15.2. The summed E-state index contributed by atoms with van der Waals surface area (Å²) in [6.07, 6.45) is 0.255. The Kier molecular flexibility index (Phi) is 6.59. The number of nitrogens with one attached hydrogen (secondary N) is 3. The second-order valence-electron chi connectivity index (χ2n) is 6.77. The zero-order chi connectivity index (χ0) is 23.3. The summed E-state index contributed by atoms with van der Waals surface area (Å²) in [7, 11) is 0. The largest absolute Gasteiger partial charge is 0.481 e. The number of carboxylic acid groups (broad SMARTS) is 2. The first kappa shape index (κ1) is 22.2. The number of aliphatic carboxylic acids is 2. The first-order valence-corrected chi connectivity index (χ1v) is 9.44. The number of hydrogen-bond acceptors (Lipinski definition) is 7. The summed E-state index contributed by atoms with van der Waals surface area (Å²) in [4.78, 5) is 55.2. The van der Waals surface area contributed by atoms with E-state index in [1.54, 1.807) is 6.07 Å². The molecule has 3 aromatic heterocycles. The Balaban J connectivity index is 1.58. The normalized spacial score (nSPS) is 11.5. The molecule has 0 aromatic carbocycles. The Bertz CT molecular complexity index is 1290. The maximum atomic E-state index is 12.2. The molecule has 3 heterocycles. The number of aryl methyl sites for hydroxylation is 1. The molecule has 0 aliphatic carbocycles. The molecule has 12 heteroatoms. The Morgan fingerprint density at radius 1 is 1.25 bits per heavy atom. The smallest absolute Gasteiger partial charge is 0.326 e. The summed E-state index contributed by atoms with van der Waals surface area (Å²) in [6, 6.07) is 3.12. The summed E-state index contributed by atoms with van der Waals surface area (Å²) in [5, 5.41) is 20.4. The van der Waals surface area contributed by atoms with Crippen LogP contribution in [0.1, 0.15) is 41.3 Å². The molecule has 3 rings (SSSR count). The Hall–Kier alpha value is -4.53. The van der Waals surface area contributed by atoms with E-state index >= 15 is 0 Å². The lowest BCUT2D eigenvalue weighted by Gasteiger charge is -2.12. The van der Waals surface area contributed by atoms with Crippen LogP contribution in [0.5, 0.6) is 0 Å². The van der Waals surface area contributed by atoms with Gasteiger partial charge in [-0.25, -0.2) is 4.79 Å². The second kappa shape index (κ2) is 9.52. The molecule has 166 valence electrons. The Morgan fingerprint density at radius 2 is 2.03 bits per heavy atom. The number of hydrogen-bond donors (Lipinski definition) is 6. The Morgan fingerprint density at radius 3 is 2.75 bits per heavy atom. The molecule has 0 aliphatic heterocycles. The van der Waals surface area contributed by atoms with Crippen LogP contribution in [-0.2, 0) is 16.0 Å². The number of fused-ring (bicyclic) bond motifs is 1. The highest BCUT2D eigenvalue weighted by Gasteiger charge is 2.23. The van der Waals surface area contributed by atoms with Crippen molar-refractivity contribution < 1.29 is 29.0 Å². The van der Waals surface area contributed by atoms with E-state index in [0.29, 0.717) is 23.9 Å². The molecule has 1 amide bonds. The first-order valence-electron chi connectivity index (χ1n) is 9.44. The molecule has 0 bridgehead atoms. The van der Waals surface area contributed by atoms with Gasteiger partial charge in [-0.05, 0) is 37.0 Å². The number of aromatic amines is 2. The van der Waals surface area contributed by atoms with Crippen LogP contribution in [0, 0.1) is 11.8 Å². The van der Waals surface area contributed by atoms with Gasteiger partial charge in [-0.3, -0.25) is 19.4 Å². The van der Waals surface area contributed by atoms with E-state index in [1.807, 2.05) is 0 Å². The predicted molar refractivity (Wildman–Crippen MR) is 111 cm³/mol. The molecule has 0 fully saturated rings. The van der Waals surface area contributed by atoms with Crippen molar-refractivity contribution >= 4 is 34.8 Å². The van der Waals surface area contributed by atoms with Crippen LogP contribution in [-0.4, -0.2) is 49.1 Å². The average molecular weight is 441 g/mol. The highest BCUT2D eigenvalue weighted by atomic mass is 16.4. The van der Waals surface area contributed by atoms with Crippen LogP contribution < -0.4 is 16.6 Å². The van der Waals surface area contributed by atoms with Crippen LogP contribution in [0.15, 0.2) is 27.4 Å². The van der Waals surface area contributed by atoms with Gasteiger partial charge in [0.25, 0.3) is 11.5 Å². The van der Waals surface area contributed by atoms with Gasteiger partial charge in [-0.15, -0.1) is 0 Å². The van der Waals surface area contributed by atoms with Crippen LogP contribution in [0.25, 0.3) is 11.0 Å². The molecule has 7 N–H and O–H groups in total. The van der Waals surface area contributed by atoms with Gasteiger partial charge in [0.05, 0.1) is 5.39 Å². The number of nitrogen functional groups attached to an aromatic ring is 1. The van der Waals surface area contributed by atoms with Gasteiger partial charge >= 0.3 is 11.9 Å². The van der Waals surface area contributed by atoms with Crippen molar-refractivity contribution in [3.05, 3.63) is 45.8 Å². The number of carboxylic acids is 2. The maximum absolute atomic E-state index is 12.2. The topological polar surface area (TPSA) is 204 Å². The van der Waals surface area contributed by atoms with E-state index in [4.69, 9.17) is 20.4 Å². The second-order valence-corrected chi connectivity index (χ2v) is 6.77. The molecule has 0 saturated carbocycles. The van der Waals surface area contributed by atoms with Gasteiger partial charge in [-0.1, -0.05) is 5.92 Å². The lowest BCUT2D eigenvalue weighted by molar-refractivity contribution is -0.140. The van der Waals surface area contributed by atoms with Crippen LogP contribution in [0.2, 0.25) is 0 Å². The highest BCUT2D eigenvalue weighted by Crippen LogP contribution is 2.12. The fourth-order valence-electron chi connectivity index (χ4n) is 2.85. The minimum absolute atomic E-state index is 0.0184. The Labute approximate surface area is 179 Å². The van der Waals surface area contributed by atoms with Gasteiger partial charge in [0, 0.05) is 18.5 Å². The van der Waals surface area contributed by atoms with Crippen LogP contribution in [0.4, 0.5) is 5.95 Å². The number of rotatable bonds is 8. The van der Waals surface area contributed by atoms with Gasteiger partial charge < -0.3 is 30.7 Å². The average Bonchev–Trinajstić information content (AvgIpc) is 3.35. The maximum Gasteiger partial charge on any atom is 0.326 e. The molecule has 32 heavy (non-hydrogen) atoms. The van der Waals surface area contributed by atoms with Crippen molar-refractivity contribution in [1.29, 1.82) is 0 Å². The summed E-state index contributed by atoms with van der Waals surface area (Å²) in [5.74, 6) is 2.41.